The molecule has 0 fully saturated rings. The molecule has 0 aliphatic carbocycles. The van der Waals surface area contributed by atoms with Crippen molar-refractivity contribution in [2.45, 2.75) is 6.92 Å². The summed E-state index contributed by atoms with van der Waals surface area (Å²) in [5.74, 6) is -2.60. The largest absolute Gasteiger partial charge is 0.461 e. The lowest BCUT2D eigenvalue weighted by Gasteiger charge is -2.06. The number of aromatic amines is 1. The van der Waals surface area contributed by atoms with E-state index in [0.29, 0.717) is 0 Å². The third kappa shape index (κ3) is 2.45. The summed E-state index contributed by atoms with van der Waals surface area (Å²) in [5.41, 5.74) is -1.69. The highest BCUT2D eigenvalue weighted by atomic mass is 19.1. The van der Waals surface area contributed by atoms with Crippen LogP contribution in [-0.2, 0) is 4.74 Å². The fourth-order valence-electron chi connectivity index (χ4n) is 2.08. The summed E-state index contributed by atoms with van der Waals surface area (Å²) in [6.07, 6.45) is 1.18. The van der Waals surface area contributed by atoms with Gasteiger partial charge in [-0.15, -0.1) is 0 Å². The van der Waals surface area contributed by atoms with Gasteiger partial charge < -0.3 is 9.72 Å². The number of aromatic nitrogens is 4. The number of para-hydroxylation sites is 1. The predicted molar refractivity (Wildman–Crippen MR) is 75.4 cm³/mol. The number of fused-ring (bicyclic) bond motifs is 1. The molecule has 0 saturated carbocycles. The zero-order valence-electron chi connectivity index (χ0n) is 11.8. The summed E-state index contributed by atoms with van der Waals surface area (Å²) >= 11 is 0. The van der Waals surface area contributed by atoms with Crippen molar-refractivity contribution in [3.8, 4) is 5.69 Å². The number of rotatable bonds is 3. The number of esters is 1. The topological polar surface area (TPSA) is 89.9 Å². The lowest BCUT2D eigenvalue weighted by molar-refractivity contribution is 0.0517. The van der Waals surface area contributed by atoms with Crippen molar-refractivity contribution in [3.63, 3.8) is 0 Å². The van der Waals surface area contributed by atoms with Gasteiger partial charge in [0.1, 0.15) is 11.2 Å². The normalized spacial score (nSPS) is 10.9. The highest BCUT2D eigenvalue weighted by molar-refractivity contribution is 5.89. The SMILES string of the molecule is CCOC(=O)c1nc2cnn(-c3c(F)cccc3F)c2[nH]c1=O. The molecule has 118 valence electrons. The number of H-pyrrole nitrogens is 1. The first-order valence-corrected chi connectivity index (χ1v) is 6.62. The average molecular weight is 320 g/mol. The molecule has 0 radical (unpaired) electrons. The summed E-state index contributed by atoms with van der Waals surface area (Å²) in [6.45, 7) is 1.67. The molecule has 23 heavy (non-hydrogen) atoms. The summed E-state index contributed by atoms with van der Waals surface area (Å²) in [7, 11) is 0. The molecule has 0 bridgehead atoms. The first-order chi connectivity index (χ1) is 11.0. The minimum atomic E-state index is -0.888. The molecule has 3 rings (SSSR count). The number of benzene rings is 1. The summed E-state index contributed by atoms with van der Waals surface area (Å²) < 4.78 is 33.3. The molecule has 0 saturated heterocycles. The van der Waals surface area contributed by atoms with Gasteiger partial charge >= 0.3 is 5.97 Å². The van der Waals surface area contributed by atoms with Crippen molar-refractivity contribution in [3.05, 3.63) is 52.1 Å². The van der Waals surface area contributed by atoms with E-state index in [0.717, 1.165) is 16.8 Å². The molecule has 0 amide bonds. The van der Waals surface area contributed by atoms with Crippen LogP contribution < -0.4 is 5.56 Å². The molecule has 3 aromatic rings. The van der Waals surface area contributed by atoms with Crippen LogP contribution in [0.25, 0.3) is 16.9 Å². The van der Waals surface area contributed by atoms with Crippen molar-refractivity contribution in [1.82, 2.24) is 19.7 Å². The van der Waals surface area contributed by atoms with Crippen LogP contribution in [0.1, 0.15) is 17.4 Å². The molecule has 0 spiro atoms. The van der Waals surface area contributed by atoms with Crippen LogP contribution >= 0.6 is 0 Å². The van der Waals surface area contributed by atoms with Crippen molar-refractivity contribution < 1.29 is 18.3 Å². The van der Waals surface area contributed by atoms with Gasteiger partial charge in [0, 0.05) is 0 Å². The Kier molecular flexibility index (Phi) is 3.61. The number of ether oxygens (including phenoxy) is 1. The second-order valence-corrected chi connectivity index (χ2v) is 4.50. The van der Waals surface area contributed by atoms with E-state index in [2.05, 4.69) is 15.1 Å². The van der Waals surface area contributed by atoms with E-state index in [-0.39, 0.29) is 17.8 Å². The number of nitrogens with zero attached hydrogens (tertiary/aromatic N) is 3. The predicted octanol–water partition coefficient (Wildman–Crippen LogP) is 1.56. The Balaban J connectivity index is 2.21. The van der Waals surface area contributed by atoms with E-state index in [9.17, 15) is 18.4 Å². The molecule has 9 heteroatoms. The number of carbonyl (C=O) groups is 1. The smallest absolute Gasteiger partial charge is 0.362 e. The Morgan fingerprint density at radius 3 is 2.70 bits per heavy atom. The maximum Gasteiger partial charge on any atom is 0.362 e. The van der Waals surface area contributed by atoms with Crippen LogP contribution in [0.3, 0.4) is 0 Å². The fourth-order valence-corrected chi connectivity index (χ4v) is 2.08. The molecule has 0 aliphatic rings. The molecule has 0 aliphatic heterocycles. The Morgan fingerprint density at radius 1 is 1.35 bits per heavy atom. The summed E-state index contributed by atoms with van der Waals surface area (Å²) in [4.78, 5) is 29.8. The number of nitrogens with one attached hydrogen (secondary N) is 1. The average Bonchev–Trinajstić information content (AvgIpc) is 2.89. The van der Waals surface area contributed by atoms with Gasteiger partial charge in [0.2, 0.25) is 5.69 Å². The molecule has 1 aromatic carbocycles. The number of hydrogen-bond acceptors (Lipinski definition) is 5. The van der Waals surface area contributed by atoms with Crippen molar-refractivity contribution >= 4 is 17.1 Å². The van der Waals surface area contributed by atoms with Gasteiger partial charge in [-0.1, -0.05) is 6.07 Å². The second kappa shape index (κ2) is 5.59. The third-order valence-corrected chi connectivity index (χ3v) is 3.05. The molecule has 7 nitrogen and oxygen atoms in total. The van der Waals surface area contributed by atoms with Crippen LogP contribution in [0.15, 0.2) is 29.2 Å². The van der Waals surface area contributed by atoms with Crippen molar-refractivity contribution in [2.24, 2.45) is 0 Å². The van der Waals surface area contributed by atoms with Crippen LogP contribution in [0.4, 0.5) is 8.78 Å². The van der Waals surface area contributed by atoms with E-state index < -0.39 is 34.5 Å². The first kappa shape index (κ1) is 14.8. The molecule has 2 heterocycles. The lowest BCUT2D eigenvalue weighted by Crippen LogP contribution is -2.22. The lowest BCUT2D eigenvalue weighted by atomic mass is 10.3. The Morgan fingerprint density at radius 2 is 2.04 bits per heavy atom. The van der Waals surface area contributed by atoms with Gasteiger partial charge in [0.15, 0.2) is 17.3 Å². The quantitative estimate of drug-likeness (QED) is 0.740. The van der Waals surface area contributed by atoms with Crippen molar-refractivity contribution in [2.75, 3.05) is 6.61 Å². The van der Waals surface area contributed by atoms with Gasteiger partial charge in [-0.05, 0) is 19.1 Å². The minimum Gasteiger partial charge on any atom is -0.461 e. The number of hydrogen-bond donors (Lipinski definition) is 1. The Hall–Kier alpha value is -3.10. The summed E-state index contributed by atoms with van der Waals surface area (Å²) in [6, 6.07) is 3.33. The van der Waals surface area contributed by atoms with E-state index in [1.54, 1.807) is 6.92 Å². The molecular weight excluding hydrogens is 310 g/mol. The molecular formula is C14H10F2N4O3. The van der Waals surface area contributed by atoms with E-state index >= 15 is 0 Å². The monoisotopic (exact) mass is 320 g/mol. The Labute approximate surface area is 127 Å². The zero-order chi connectivity index (χ0) is 16.6. The number of halogens is 2. The molecule has 1 N–H and O–H groups in total. The van der Waals surface area contributed by atoms with Crippen LogP contribution in [0.5, 0.6) is 0 Å². The Bertz CT molecular complexity index is 944. The highest BCUT2D eigenvalue weighted by Gasteiger charge is 2.20. The standard InChI is InChI=1S/C14H10F2N4O3/c1-2-23-14(22)10-13(21)19-12-9(18-10)6-17-20(12)11-7(15)4-3-5-8(11)16/h3-6H,2H2,1H3,(H,19,21). The minimum absolute atomic E-state index is 0.0351. The van der Waals surface area contributed by atoms with Crippen LogP contribution in [0.2, 0.25) is 0 Å². The summed E-state index contributed by atoms with van der Waals surface area (Å²) in [5, 5.41) is 3.83. The highest BCUT2D eigenvalue weighted by Crippen LogP contribution is 2.20. The van der Waals surface area contributed by atoms with Gasteiger partial charge in [-0.25, -0.2) is 23.2 Å². The van der Waals surface area contributed by atoms with Crippen molar-refractivity contribution in [1.29, 1.82) is 0 Å². The molecule has 0 unspecified atom stereocenters. The maximum atomic E-state index is 13.9. The third-order valence-electron chi connectivity index (χ3n) is 3.05. The van der Waals surface area contributed by atoms with Crippen LogP contribution in [-0.4, -0.2) is 32.3 Å². The van der Waals surface area contributed by atoms with Crippen LogP contribution in [0, 0.1) is 11.6 Å². The first-order valence-electron chi connectivity index (χ1n) is 6.62. The maximum absolute atomic E-state index is 13.9. The van der Waals surface area contributed by atoms with E-state index in [4.69, 9.17) is 4.74 Å². The van der Waals surface area contributed by atoms with Gasteiger partial charge in [0.25, 0.3) is 5.56 Å². The van der Waals surface area contributed by atoms with E-state index in [1.165, 1.54) is 12.3 Å². The molecule has 0 atom stereocenters. The molecule has 2 aromatic heterocycles. The van der Waals surface area contributed by atoms with Gasteiger partial charge in [-0.3, -0.25) is 4.79 Å². The second-order valence-electron chi connectivity index (χ2n) is 4.50. The van der Waals surface area contributed by atoms with Gasteiger partial charge in [-0.2, -0.15) is 5.10 Å². The van der Waals surface area contributed by atoms with Gasteiger partial charge in [0.05, 0.1) is 12.8 Å². The zero-order valence-corrected chi connectivity index (χ0v) is 11.8. The van der Waals surface area contributed by atoms with E-state index in [1.807, 2.05) is 0 Å². The number of carbonyl (C=O) groups excluding carboxylic acids is 1. The fraction of sp³-hybridized carbons (Fsp3) is 0.143.